The van der Waals surface area contributed by atoms with Gasteiger partial charge >= 0.3 is 0 Å². The van der Waals surface area contributed by atoms with Crippen LogP contribution in [0.3, 0.4) is 0 Å². The first kappa shape index (κ1) is 30.8. The van der Waals surface area contributed by atoms with Gasteiger partial charge in [-0.05, 0) is 41.8 Å². The zero-order chi connectivity index (χ0) is 28.6. The monoisotopic (exact) mass is 609 g/mol. The molecule has 0 fully saturated rings. The number of amides is 2. The molecule has 0 bridgehead atoms. The third kappa shape index (κ3) is 8.60. The van der Waals surface area contributed by atoms with Gasteiger partial charge < -0.3 is 10.2 Å². The van der Waals surface area contributed by atoms with Crippen LogP contribution in [-0.4, -0.2) is 50.5 Å². The second-order valence-electron chi connectivity index (χ2n) is 8.99. The number of nitrogens with one attached hydrogen (secondary N) is 1. The number of carbonyl (C=O) groups is 2. The molecule has 11 heteroatoms. The summed E-state index contributed by atoms with van der Waals surface area (Å²) >= 11 is 18.6. The highest BCUT2D eigenvalue weighted by Gasteiger charge is 2.33. The number of rotatable bonds is 12. The summed E-state index contributed by atoms with van der Waals surface area (Å²) in [5.74, 6) is -0.934. The molecule has 0 spiro atoms. The SMILES string of the molecule is CCCNC(=O)[C@@H](Cc1ccccc1)N(Cc1ccc(Cl)c(Cl)c1)C(=O)CN(c1ccccc1Cl)S(C)(=O)=O. The van der Waals surface area contributed by atoms with E-state index in [-0.39, 0.29) is 29.6 Å². The molecular weight excluding hydrogens is 581 g/mol. The lowest BCUT2D eigenvalue weighted by Crippen LogP contribution is -2.53. The van der Waals surface area contributed by atoms with Crippen LogP contribution in [0.4, 0.5) is 5.69 Å². The highest BCUT2D eigenvalue weighted by Crippen LogP contribution is 2.28. The second kappa shape index (κ2) is 14.0. The standard InChI is InChI=1S/C28H30Cl3N3O4S/c1-3-15-32-28(36)26(17-20-9-5-4-6-10-20)33(18-21-13-14-22(29)24(31)16-21)27(35)19-34(39(2,37)38)25-12-8-7-11-23(25)30/h4-14,16,26H,3,15,17-19H2,1-2H3,(H,32,36)/t26-/m1/s1. The van der Waals surface area contributed by atoms with Crippen LogP contribution in [0.1, 0.15) is 24.5 Å². The van der Waals surface area contributed by atoms with E-state index in [0.717, 1.165) is 16.1 Å². The highest BCUT2D eigenvalue weighted by atomic mass is 35.5. The fourth-order valence-electron chi connectivity index (χ4n) is 4.00. The first-order valence-electron chi connectivity index (χ1n) is 12.3. The zero-order valence-corrected chi connectivity index (χ0v) is 24.7. The molecule has 3 aromatic carbocycles. The van der Waals surface area contributed by atoms with Gasteiger partial charge in [-0.1, -0.05) is 90.3 Å². The minimum absolute atomic E-state index is 0.00705. The number of hydrogen-bond acceptors (Lipinski definition) is 4. The van der Waals surface area contributed by atoms with Crippen molar-refractivity contribution in [2.24, 2.45) is 0 Å². The van der Waals surface area contributed by atoms with E-state index in [2.05, 4.69) is 5.32 Å². The maximum atomic E-state index is 14.0. The fraction of sp³-hybridized carbons (Fsp3) is 0.286. The Kier molecular flexibility index (Phi) is 11.1. The van der Waals surface area contributed by atoms with E-state index in [1.807, 2.05) is 37.3 Å². The maximum Gasteiger partial charge on any atom is 0.244 e. The van der Waals surface area contributed by atoms with Gasteiger partial charge in [0.05, 0.1) is 27.0 Å². The van der Waals surface area contributed by atoms with Crippen LogP contribution in [0.2, 0.25) is 15.1 Å². The van der Waals surface area contributed by atoms with Crippen molar-refractivity contribution in [1.82, 2.24) is 10.2 Å². The molecule has 39 heavy (non-hydrogen) atoms. The van der Waals surface area contributed by atoms with Crippen LogP contribution in [0.5, 0.6) is 0 Å². The molecule has 3 aromatic rings. The molecule has 0 aliphatic rings. The van der Waals surface area contributed by atoms with Crippen molar-refractivity contribution in [3.8, 4) is 0 Å². The smallest absolute Gasteiger partial charge is 0.244 e. The molecule has 1 N–H and O–H groups in total. The third-order valence-corrected chi connectivity index (χ3v) is 8.14. The number of halogens is 3. The van der Waals surface area contributed by atoms with E-state index < -0.39 is 28.5 Å². The number of anilines is 1. The van der Waals surface area contributed by atoms with Gasteiger partial charge in [-0.25, -0.2) is 8.42 Å². The van der Waals surface area contributed by atoms with Gasteiger partial charge in [0, 0.05) is 19.5 Å². The Labute approximate surface area is 244 Å². The molecule has 0 aliphatic heterocycles. The van der Waals surface area contributed by atoms with Crippen LogP contribution in [-0.2, 0) is 32.6 Å². The Hall–Kier alpha value is -2.78. The minimum Gasteiger partial charge on any atom is -0.354 e. The van der Waals surface area contributed by atoms with Gasteiger partial charge in [0.2, 0.25) is 21.8 Å². The Morgan fingerprint density at radius 2 is 1.54 bits per heavy atom. The Morgan fingerprint density at radius 1 is 0.872 bits per heavy atom. The van der Waals surface area contributed by atoms with Crippen LogP contribution in [0.25, 0.3) is 0 Å². The van der Waals surface area contributed by atoms with E-state index in [1.165, 1.54) is 11.0 Å². The normalized spacial score (nSPS) is 12.0. The molecule has 2 amide bonds. The highest BCUT2D eigenvalue weighted by molar-refractivity contribution is 7.92. The molecular formula is C28H30Cl3N3O4S. The number of hydrogen-bond donors (Lipinski definition) is 1. The molecule has 1 atom stereocenters. The summed E-state index contributed by atoms with van der Waals surface area (Å²) in [5.41, 5.74) is 1.63. The molecule has 0 saturated heterocycles. The van der Waals surface area contributed by atoms with Crippen LogP contribution in [0, 0.1) is 0 Å². The van der Waals surface area contributed by atoms with Gasteiger partial charge in [-0.2, -0.15) is 0 Å². The van der Waals surface area contributed by atoms with Crippen molar-refractivity contribution in [3.63, 3.8) is 0 Å². The van der Waals surface area contributed by atoms with E-state index in [1.54, 1.807) is 36.4 Å². The number of para-hydroxylation sites is 1. The molecule has 7 nitrogen and oxygen atoms in total. The number of benzene rings is 3. The number of sulfonamides is 1. The maximum absolute atomic E-state index is 14.0. The predicted octanol–water partition coefficient (Wildman–Crippen LogP) is 5.58. The zero-order valence-electron chi connectivity index (χ0n) is 21.6. The van der Waals surface area contributed by atoms with E-state index in [0.29, 0.717) is 28.6 Å². The average molecular weight is 611 g/mol. The van der Waals surface area contributed by atoms with E-state index >= 15 is 0 Å². The summed E-state index contributed by atoms with van der Waals surface area (Å²) in [6.07, 6.45) is 1.93. The number of carbonyl (C=O) groups excluding carboxylic acids is 2. The fourth-order valence-corrected chi connectivity index (χ4v) is 5.47. The van der Waals surface area contributed by atoms with Crippen molar-refractivity contribution in [3.05, 3.63) is 99.0 Å². The van der Waals surface area contributed by atoms with Crippen molar-refractivity contribution in [1.29, 1.82) is 0 Å². The number of nitrogens with zero attached hydrogens (tertiary/aromatic N) is 2. The lowest BCUT2D eigenvalue weighted by molar-refractivity contribution is -0.140. The molecule has 0 radical (unpaired) electrons. The lowest BCUT2D eigenvalue weighted by Gasteiger charge is -2.33. The molecule has 0 aliphatic carbocycles. The molecule has 208 valence electrons. The molecule has 0 unspecified atom stereocenters. The van der Waals surface area contributed by atoms with Gasteiger partial charge in [0.25, 0.3) is 0 Å². The summed E-state index contributed by atoms with van der Waals surface area (Å²) in [5, 5.41) is 3.71. The van der Waals surface area contributed by atoms with Crippen molar-refractivity contribution >= 4 is 62.3 Å². The Balaban J connectivity index is 2.07. The van der Waals surface area contributed by atoms with Gasteiger partial charge in [-0.15, -0.1) is 0 Å². The third-order valence-electron chi connectivity index (χ3n) is 5.96. The summed E-state index contributed by atoms with van der Waals surface area (Å²) in [7, 11) is -3.91. The quantitative estimate of drug-likeness (QED) is 0.290. The first-order chi connectivity index (χ1) is 18.5. The largest absolute Gasteiger partial charge is 0.354 e. The summed E-state index contributed by atoms with van der Waals surface area (Å²) in [6.45, 7) is 1.79. The average Bonchev–Trinajstić information content (AvgIpc) is 2.90. The topological polar surface area (TPSA) is 86.8 Å². The van der Waals surface area contributed by atoms with E-state index in [9.17, 15) is 18.0 Å². The van der Waals surface area contributed by atoms with Gasteiger partial charge in [0.1, 0.15) is 12.6 Å². The second-order valence-corrected chi connectivity index (χ2v) is 12.1. The summed E-state index contributed by atoms with van der Waals surface area (Å²) in [6, 6.07) is 19.7. The first-order valence-corrected chi connectivity index (χ1v) is 15.3. The van der Waals surface area contributed by atoms with Gasteiger partial charge in [0.15, 0.2) is 0 Å². The van der Waals surface area contributed by atoms with Crippen molar-refractivity contribution < 1.29 is 18.0 Å². The molecule has 0 aromatic heterocycles. The lowest BCUT2D eigenvalue weighted by atomic mass is 10.0. The Morgan fingerprint density at radius 3 is 2.15 bits per heavy atom. The van der Waals surface area contributed by atoms with Crippen LogP contribution < -0.4 is 9.62 Å². The van der Waals surface area contributed by atoms with Gasteiger partial charge in [-0.3, -0.25) is 13.9 Å². The molecule has 3 rings (SSSR count). The summed E-state index contributed by atoms with van der Waals surface area (Å²) in [4.78, 5) is 28.8. The molecule has 0 saturated carbocycles. The van der Waals surface area contributed by atoms with Crippen LogP contribution in [0.15, 0.2) is 72.8 Å². The van der Waals surface area contributed by atoms with E-state index in [4.69, 9.17) is 34.8 Å². The molecule has 0 heterocycles. The van der Waals surface area contributed by atoms with Crippen molar-refractivity contribution in [2.75, 3.05) is 23.7 Å². The van der Waals surface area contributed by atoms with Crippen molar-refractivity contribution in [2.45, 2.75) is 32.4 Å². The Bertz CT molecular complexity index is 1400. The predicted molar refractivity (Wildman–Crippen MR) is 158 cm³/mol. The minimum atomic E-state index is -3.91. The summed E-state index contributed by atoms with van der Waals surface area (Å²) < 4.78 is 26.6. The van der Waals surface area contributed by atoms with Crippen LogP contribution >= 0.6 is 34.8 Å².